The molecule has 2 rings (SSSR count). The quantitative estimate of drug-likeness (QED) is 0.825. The monoisotopic (exact) mass is 356 g/mol. The third-order valence-corrected chi connectivity index (χ3v) is 3.64. The van der Waals surface area contributed by atoms with Gasteiger partial charge in [-0.2, -0.15) is 0 Å². The summed E-state index contributed by atoms with van der Waals surface area (Å²) in [6.45, 7) is 1.22. The van der Waals surface area contributed by atoms with Gasteiger partial charge in [-0.1, -0.05) is 17.7 Å². The Morgan fingerprint density at radius 1 is 1.08 bits per heavy atom. The van der Waals surface area contributed by atoms with E-state index in [1.165, 1.54) is 0 Å². The summed E-state index contributed by atoms with van der Waals surface area (Å²) in [7, 11) is 0. The average molecular weight is 357 g/mol. The molecule has 126 valence electrons. The summed E-state index contributed by atoms with van der Waals surface area (Å²) in [6, 6.07) is 6.33. The van der Waals surface area contributed by atoms with Crippen molar-refractivity contribution in [2.24, 2.45) is 0 Å². The van der Waals surface area contributed by atoms with Crippen LogP contribution in [0.5, 0.6) is 0 Å². The molecule has 0 aliphatic heterocycles. The Morgan fingerprint density at radius 2 is 1.79 bits per heavy atom. The summed E-state index contributed by atoms with van der Waals surface area (Å²) in [6.07, 6.45) is 0. The minimum Gasteiger partial charge on any atom is -0.343 e. The molecule has 24 heavy (non-hydrogen) atoms. The molecule has 0 radical (unpaired) electrons. The highest BCUT2D eigenvalue weighted by Gasteiger charge is 2.19. The topological polar surface area (TPSA) is 58.2 Å². The number of amides is 2. The molecule has 4 nitrogen and oxygen atoms in total. The number of rotatable bonds is 4. The molecule has 0 aliphatic carbocycles. The zero-order valence-electron chi connectivity index (χ0n) is 12.4. The largest absolute Gasteiger partial charge is 0.343 e. The minimum absolute atomic E-state index is 0.459. The zero-order chi connectivity index (χ0) is 17.9. The first-order valence-electron chi connectivity index (χ1n) is 6.78. The van der Waals surface area contributed by atoms with Crippen molar-refractivity contribution in [3.05, 3.63) is 63.9 Å². The fourth-order valence-electron chi connectivity index (χ4n) is 1.89. The summed E-state index contributed by atoms with van der Waals surface area (Å²) in [5.74, 6) is -6.39. The number of anilines is 1. The Morgan fingerprint density at radius 3 is 2.50 bits per heavy atom. The van der Waals surface area contributed by atoms with Crippen LogP contribution in [0.3, 0.4) is 0 Å². The van der Waals surface area contributed by atoms with E-state index in [4.69, 9.17) is 11.6 Å². The molecule has 0 heterocycles. The lowest BCUT2D eigenvalue weighted by atomic mass is 10.2. The van der Waals surface area contributed by atoms with Gasteiger partial charge in [0.1, 0.15) is 0 Å². The van der Waals surface area contributed by atoms with Gasteiger partial charge in [-0.05, 0) is 36.8 Å². The van der Waals surface area contributed by atoms with E-state index >= 15 is 0 Å². The molecule has 0 saturated heterocycles. The molecule has 2 aromatic rings. The first kappa shape index (κ1) is 17.8. The lowest BCUT2D eigenvalue weighted by Gasteiger charge is -2.10. The fourth-order valence-corrected chi connectivity index (χ4v) is 2.07. The van der Waals surface area contributed by atoms with Crippen LogP contribution in [0, 0.1) is 24.4 Å². The summed E-state index contributed by atoms with van der Waals surface area (Å²) in [5.41, 5.74) is 0.409. The standard InChI is InChI=1S/C16H12ClF3N2O2/c1-8-10(17)3-2-4-12(8)22-13(23)7-21-16(24)9-5-6-11(18)15(20)14(9)19/h2-6H,7H2,1H3,(H,21,24)(H,22,23). The molecule has 2 amide bonds. The normalized spacial score (nSPS) is 10.4. The molecule has 2 aromatic carbocycles. The van der Waals surface area contributed by atoms with E-state index in [2.05, 4.69) is 10.6 Å². The highest BCUT2D eigenvalue weighted by Crippen LogP contribution is 2.22. The summed E-state index contributed by atoms with van der Waals surface area (Å²) in [5, 5.41) is 5.11. The lowest BCUT2D eigenvalue weighted by molar-refractivity contribution is -0.115. The Bertz CT molecular complexity index is 812. The van der Waals surface area contributed by atoms with E-state index in [1.807, 2.05) is 0 Å². The van der Waals surface area contributed by atoms with Crippen molar-refractivity contribution < 1.29 is 22.8 Å². The zero-order valence-corrected chi connectivity index (χ0v) is 13.2. The van der Waals surface area contributed by atoms with Gasteiger partial charge in [-0.3, -0.25) is 9.59 Å². The van der Waals surface area contributed by atoms with E-state index in [9.17, 15) is 22.8 Å². The number of halogens is 4. The highest BCUT2D eigenvalue weighted by atomic mass is 35.5. The van der Waals surface area contributed by atoms with Crippen molar-refractivity contribution >= 4 is 29.1 Å². The van der Waals surface area contributed by atoms with Gasteiger partial charge < -0.3 is 10.6 Å². The molecule has 0 aromatic heterocycles. The Balaban J connectivity index is 2.00. The molecule has 0 aliphatic rings. The molecular weight excluding hydrogens is 345 g/mol. The van der Waals surface area contributed by atoms with Gasteiger partial charge in [-0.25, -0.2) is 13.2 Å². The van der Waals surface area contributed by atoms with Crippen molar-refractivity contribution in [2.75, 3.05) is 11.9 Å². The lowest BCUT2D eigenvalue weighted by Crippen LogP contribution is -2.33. The highest BCUT2D eigenvalue weighted by molar-refractivity contribution is 6.31. The molecule has 0 bridgehead atoms. The van der Waals surface area contributed by atoms with Crippen LogP contribution in [0.2, 0.25) is 5.02 Å². The van der Waals surface area contributed by atoms with E-state index in [0.29, 0.717) is 22.3 Å². The van der Waals surface area contributed by atoms with Crippen LogP contribution < -0.4 is 10.6 Å². The van der Waals surface area contributed by atoms with Crippen LogP contribution in [0.25, 0.3) is 0 Å². The van der Waals surface area contributed by atoms with Gasteiger partial charge in [0, 0.05) is 10.7 Å². The Labute approximate surface area is 140 Å². The minimum atomic E-state index is -1.75. The van der Waals surface area contributed by atoms with Crippen LogP contribution in [0.4, 0.5) is 18.9 Å². The second kappa shape index (κ2) is 7.35. The van der Waals surface area contributed by atoms with Crippen LogP contribution >= 0.6 is 11.6 Å². The second-order valence-electron chi connectivity index (χ2n) is 4.87. The van der Waals surface area contributed by atoms with E-state index in [0.717, 1.165) is 6.07 Å². The van der Waals surface area contributed by atoms with Gasteiger partial charge in [0.05, 0.1) is 12.1 Å². The molecular formula is C16H12ClF3N2O2. The van der Waals surface area contributed by atoms with Crippen molar-refractivity contribution in [3.8, 4) is 0 Å². The summed E-state index contributed by atoms with van der Waals surface area (Å²) >= 11 is 5.92. The van der Waals surface area contributed by atoms with Gasteiger partial charge in [0.2, 0.25) is 5.91 Å². The number of carbonyl (C=O) groups is 2. The average Bonchev–Trinajstić information content (AvgIpc) is 2.55. The fraction of sp³-hybridized carbons (Fsp3) is 0.125. The van der Waals surface area contributed by atoms with Gasteiger partial charge in [0.25, 0.3) is 5.91 Å². The molecule has 8 heteroatoms. The van der Waals surface area contributed by atoms with E-state index in [-0.39, 0.29) is 0 Å². The maximum atomic E-state index is 13.5. The summed E-state index contributed by atoms with van der Waals surface area (Å²) < 4.78 is 39.4. The predicted octanol–water partition coefficient (Wildman–Crippen LogP) is 3.43. The van der Waals surface area contributed by atoms with Crippen molar-refractivity contribution in [1.29, 1.82) is 0 Å². The molecule has 0 unspecified atom stereocenters. The van der Waals surface area contributed by atoms with E-state index in [1.54, 1.807) is 25.1 Å². The number of nitrogens with one attached hydrogen (secondary N) is 2. The van der Waals surface area contributed by atoms with Crippen molar-refractivity contribution in [2.45, 2.75) is 6.92 Å². The van der Waals surface area contributed by atoms with Gasteiger partial charge >= 0.3 is 0 Å². The Hall–Kier alpha value is -2.54. The number of carbonyl (C=O) groups excluding carboxylic acids is 2. The van der Waals surface area contributed by atoms with Crippen LogP contribution in [0.15, 0.2) is 30.3 Å². The maximum absolute atomic E-state index is 13.5. The molecule has 0 saturated carbocycles. The smallest absolute Gasteiger partial charge is 0.254 e. The van der Waals surface area contributed by atoms with Gasteiger partial charge in [-0.15, -0.1) is 0 Å². The van der Waals surface area contributed by atoms with Crippen LogP contribution in [-0.2, 0) is 4.79 Å². The number of benzene rings is 2. The molecule has 0 atom stereocenters. The van der Waals surface area contributed by atoms with Gasteiger partial charge in [0.15, 0.2) is 17.5 Å². The SMILES string of the molecule is Cc1c(Cl)cccc1NC(=O)CNC(=O)c1ccc(F)c(F)c1F. The number of hydrogen-bond acceptors (Lipinski definition) is 2. The maximum Gasteiger partial charge on any atom is 0.254 e. The summed E-state index contributed by atoms with van der Waals surface area (Å²) in [4.78, 5) is 23.6. The van der Waals surface area contributed by atoms with Crippen molar-refractivity contribution in [1.82, 2.24) is 5.32 Å². The molecule has 0 spiro atoms. The first-order chi connectivity index (χ1) is 11.3. The first-order valence-corrected chi connectivity index (χ1v) is 7.15. The third kappa shape index (κ3) is 3.86. The van der Waals surface area contributed by atoms with Crippen molar-refractivity contribution in [3.63, 3.8) is 0 Å². The van der Waals surface area contributed by atoms with E-state index < -0.39 is 41.4 Å². The number of hydrogen-bond donors (Lipinski definition) is 2. The Kier molecular flexibility index (Phi) is 5.46. The molecule has 0 fully saturated rings. The third-order valence-electron chi connectivity index (χ3n) is 3.23. The van der Waals surface area contributed by atoms with Crippen LogP contribution in [-0.4, -0.2) is 18.4 Å². The van der Waals surface area contributed by atoms with Crippen LogP contribution in [0.1, 0.15) is 15.9 Å². The predicted molar refractivity (Wildman–Crippen MR) is 83.5 cm³/mol. The second-order valence-corrected chi connectivity index (χ2v) is 5.27. The molecule has 2 N–H and O–H groups in total.